The highest BCUT2D eigenvalue weighted by atomic mass is 35.5. The van der Waals surface area contributed by atoms with Gasteiger partial charge in [-0.2, -0.15) is 5.10 Å². The number of aromatic nitrogens is 3. The van der Waals surface area contributed by atoms with E-state index in [1.807, 2.05) is 30.0 Å². The number of carbonyl (C=O) groups excluding carboxylic acids is 1. The summed E-state index contributed by atoms with van der Waals surface area (Å²) in [7, 11) is 0. The van der Waals surface area contributed by atoms with Gasteiger partial charge in [-0.15, -0.1) is 12.4 Å². The topological polar surface area (TPSA) is 86.3 Å². The smallest absolute Gasteiger partial charge is 0.254 e. The summed E-state index contributed by atoms with van der Waals surface area (Å²) >= 11 is 0. The molecule has 1 aromatic heterocycles. The van der Waals surface area contributed by atoms with Crippen molar-refractivity contribution in [3.8, 4) is 5.69 Å². The van der Waals surface area contributed by atoms with E-state index in [0.717, 1.165) is 49.2 Å². The summed E-state index contributed by atoms with van der Waals surface area (Å²) in [5.41, 5.74) is 8.07. The van der Waals surface area contributed by atoms with E-state index in [-0.39, 0.29) is 24.4 Å². The first-order valence-corrected chi connectivity index (χ1v) is 8.75. The average Bonchev–Trinajstić information content (AvgIpc) is 3.17. The lowest BCUT2D eigenvalue weighted by Gasteiger charge is -2.32. The molecule has 26 heavy (non-hydrogen) atoms. The van der Waals surface area contributed by atoms with Crippen LogP contribution in [0.25, 0.3) is 5.69 Å². The summed E-state index contributed by atoms with van der Waals surface area (Å²) in [6, 6.07) is 5.74. The Morgan fingerprint density at radius 3 is 2.73 bits per heavy atom. The Labute approximate surface area is 159 Å². The van der Waals surface area contributed by atoms with Crippen LogP contribution in [0, 0.1) is 6.92 Å². The monoisotopic (exact) mass is 379 g/mol. The Kier molecular flexibility index (Phi) is 7.56. The number of hydrogen-bond acceptors (Lipinski definition) is 5. The predicted molar refractivity (Wildman–Crippen MR) is 102 cm³/mol. The fourth-order valence-corrected chi connectivity index (χ4v) is 3.10. The van der Waals surface area contributed by atoms with Crippen molar-refractivity contribution in [1.29, 1.82) is 0 Å². The molecule has 142 valence electrons. The maximum atomic E-state index is 12.8. The minimum absolute atomic E-state index is 0. The lowest BCUT2D eigenvalue weighted by atomic mass is 10.0. The molecule has 3 rings (SSSR count). The van der Waals surface area contributed by atoms with E-state index >= 15 is 0 Å². The molecule has 0 radical (unpaired) electrons. The Morgan fingerprint density at radius 2 is 2.12 bits per heavy atom. The largest absolute Gasteiger partial charge is 0.378 e. The molecule has 2 N–H and O–H groups in total. The highest BCUT2D eigenvalue weighted by Crippen LogP contribution is 2.20. The number of halogens is 1. The number of amides is 1. The minimum Gasteiger partial charge on any atom is -0.378 e. The van der Waals surface area contributed by atoms with E-state index in [4.69, 9.17) is 10.5 Å². The third-order valence-electron chi connectivity index (χ3n) is 4.55. The van der Waals surface area contributed by atoms with Gasteiger partial charge in [-0.3, -0.25) is 4.79 Å². The molecule has 1 saturated heterocycles. The van der Waals surface area contributed by atoms with Crippen LogP contribution in [0.1, 0.15) is 35.2 Å². The van der Waals surface area contributed by atoms with Crippen LogP contribution in [0.3, 0.4) is 0 Å². The van der Waals surface area contributed by atoms with Crippen LogP contribution < -0.4 is 5.73 Å². The first kappa shape index (κ1) is 20.4. The third kappa shape index (κ3) is 4.81. The van der Waals surface area contributed by atoms with E-state index in [1.165, 1.54) is 6.33 Å². The number of nitrogens with two attached hydrogens (primary N) is 1. The molecule has 1 aliphatic rings. The third-order valence-corrected chi connectivity index (χ3v) is 4.55. The number of nitrogens with zero attached hydrogens (tertiary/aromatic N) is 4. The van der Waals surface area contributed by atoms with Gasteiger partial charge in [0.2, 0.25) is 0 Å². The number of ether oxygens (including phenoxy) is 1. The second kappa shape index (κ2) is 9.66. The number of carbonyl (C=O) groups is 1. The van der Waals surface area contributed by atoms with Gasteiger partial charge in [0.25, 0.3) is 5.91 Å². The van der Waals surface area contributed by atoms with Crippen LogP contribution in [0.5, 0.6) is 0 Å². The summed E-state index contributed by atoms with van der Waals surface area (Å²) in [6.45, 7) is 4.78. The molecule has 1 aromatic carbocycles. The van der Waals surface area contributed by atoms with Crippen LogP contribution in [-0.2, 0) is 4.74 Å². The fourth-order valence-electron chi connectivity index (χ4n) is 3.10. The zero-order valence-electron chi connectivity index (χ0n) is 15.0. The normalized spacial score (nSPS) is 14.9. The number of benzene rings is 1. The van der Waals surface area contributed by atoms with Gasteiger partial charge in [0.15, 0.2) is 0 Å². The van der Waals surface area contributed by atoms with Gasteiger partial charge < -0.3 is 15.4 Å². The Morgan fingerprint density at radius 1 is 1.35 bits per heavy atom. The van der Waals surface area contributed by atoms with Crippen LogP contribution in [-0.4, -0.2) is 57.9 Å². The maximum absolute atomic E-state index is 12.8. The highest BCUT2D eigenvalue weighted by Gasteiger charge is 2.24. The standard InChI is InChI=1S/C18H25N5O2.ClH/c1-14-11-15(23-13-20-12-21-23)3-4-17(14)18(24)22-8-5-16(6-9-22)25-10-2-7-19;/h3-4,11-13,16H,2,5-10,19H2,1H3;1H. The van der Waals surface area contributed by atoms with Crippen molar-refractivity contribution < 1.29 is 9.53 Å². The highest BCUT2D eigenvalue weighted by molar-refractivity contribution is 5.96. The Hall–Kier alpha value is -1.96. The Balaban J connectivity index is 0.00000243. The van der Waals surface area contributed by atoms with Gasteiger partial charge >= 0.3 is 0 Å². The number of hydrogen-bond donors (Lipinski definition) is 1. The fraction of sp³-hybridized carbons (Fsp3) is 0.500. The van der Waals surface area contributed by atoms with Crippen molar-refractivity contribution in [3.05, 3.63) is 42.0 Å². The molecule has 0 spiro atoms. The van der Waals surface area contributed by atoms with Gasteiger partial charge in [-0.25, -0.2) is 9.67 Å². The number of rotatable bonds is 6. The molecule has 1 amide bonds. The quantitative estimate of drug-likeness (QED) is 0.775. The van der Waals surface area contributed by atoms with Gasteiger partial charge in [-0.05, 0) is 56.5 Å². The average molecular weight is 380 g/mol. The molecule has 0 aliphatic carbocycles. The van der Waals surface area contributed by atoms with Crippen LogP contribution in [0.2, 0.25) is 0 Å². The number of likely N-dealkylation sites (tertiary alicyclic amines) is 1. The molecule has 7 nitrogen and oxygen atoms in total. The zero-order chi connectivity index (χ0) is 17.6. The first-order chi connectivity index (χ1) is 12.2. The van der Waals surface area contributed by atoms with E-state index < -0.39 is 0 Å². The molecule has 1 fully saturated rings. The molecule has 2 aromatic rings. The summed E-state index contributed by atoms with van der Waals surface area (Å²) in [5, 5.41) is 4.12. The van der Waals surface area contributed by atoms with Crippen molar-refractivity contribution in [2.45, 2.75) is 32.3 Å². The van der Waals surface area contributed by atoms with E-state index in [1.54, 1.807) is 11.0 Å². The predicted octanol–water partition coefficient (Wildman–Crippen LogP) is 1.97. The van der Waals surface area contributed by atoms with Crippen molar-refractivity contribution in [2.75, 3.05) is 26.2 Å². The summed E-state index contributed by atoms with van der Waals surface area (Å²) in [5.74, 6) is 0.0862. The second-order valence-electron chi connectivity index (χ2n) is 6.34. The Bertz CT molecular complexity index is 700. The van der Waals surface area contributed by atoms with Crippen LogP contribution in [0.4, 0.5) is 0 Å². The lowest BCUT2D eigenvalue weighted by molar-refractivity contribution is 0.00843. The lowest BCUT2D eigenvalue weighted by Crippen LogP contribution is -2.41. The molecular weight excluding hydrogens is 354 g/mol. The molecular formula is C18H26ClN5O2. The SMILES string of the molecule is Cc1cc(-n2cncn2)ccc1C(=O)N1CCC(OCCCN)CC1.Cl. The summed E-state index contributed by atoms with van der Waals surface area (Å²) in [4.78, 5) is 18.7. The number of aryl methyl sites for hydroxylation is 1. The van der Waals surface area contributed by atoms with E-state index in [9.17, 15) is 4.79 Å². The van der Waals surface area contributed by atoms with E-state index in [2.05, 4.69) is 10.1 Å². The minimum atomic E-state index is 0. The molecule has 8 heteroatoms. The summed E-state index contributed by atoms with van der Waals surface area (Å²) in [6.07, 6.45) is 6.03. The molecule has 0 atom stereocenters. The van der Waals surface area contributed by atoms with Gasteiger partial charge in [0.05, 0.1) is 11.8 Å². The van der Waals surface area contributed by atoms with Gasteiger partial charge in [0, 0.05) is 25.3 Å². The van der Waals surface area contributed by atoms with Crippen LogP contribution in [0.15, 0.2) is 30.9 Å². The van der Waals surface area contributed by atoms with Crippen molar-refractivity contribution in [1.82, 2.24) is 19.7 Å². The molecule has 0 saturated carbocycles. The van der Waals surface area contributed by atoms with Crippen LogP contribution >= 0.6 is 12.4 Å². The van der Waals surface area contributed by atoms with Gasteiger partial charge in [0.1, 0.15) is 12.7 Å². The zero-order valence-corrected chi connectivity index (χ0v) is 15.8. The van der Waals surface area contributed by atoms with E-state index in [0.29, 0.717) is 13.2 Å². The van der Waals surface area contributed by atoms with Crippen molar-refractivity contribution in [3.63, 3.8) is 0 Å². The maximum Gasteiger partial charge on any atom is 0.254 e. The van der Waals surface area contributed by atoms with Crippen molar-refractivity contribution >= 4 is 18.3 Å². The molecule has 1 aliphatic heterocycles. The molecule has 0 unspecified atom stereocenters. The van der Waals surface area contributed by atoms with Crippen molar-refractivity contribution in [2.24, 2.45) is 5.73 Å². The first-order valence-electron chi connectivity index (χ1n) is 8.75. The second-order valence-corrected chi connectivity index (χ2v) is 6.34. The number of piperidine rings is 1. The summed E-state index contributed by atoms with van der Waals surface area (Å²) < 4.78 is 7.49. The molecule has 2 heterocycles. The van der Waals surface area contributed by atoms with Gasteiger partial charge in [-0.1, -0.05) is 0 Å². The molecule has 0 bridgehead atoms.